The molecule has 7 nitrogen and oxygen atoms in total. The molecule has 32 heavy (non-hydrogen) atoms. The van der Waals surface area contributed by atoms with Crippen molar-refractivity contribution in [3.63, 3.8) is 0 Å². The van der Waals surface area contributed by atoms with E-state index in [4.69, 9.17) is 9.47 Å². The van der Waals surface area contributed by atoms with Crippen LogP contribution in [-0.2, 0) is 11.3 Å². The zero-order valence-electron chi connectivity index (χ0n) is 18.8. The fourth-order valence-electron chi connectivity index (χ4n) is 3.07. The number of nitrogens with one attached hydrogen (secondary N) is 1. The number of aromatic nitrogens is 3. The van der Waals surface area contributed by atoms with E-state index in [-0.39, 0.29) is 17.8 Å². The lowest BCUT2D eigenvalue weighted by Gasteiger charge is -2.16. The summed E-state index contributed by atoms with van der Waals surface area (Å²) >= 11 is 1.33. The van der Waals surface area contributed by atoms with Crippen molar-refractivity contribution >= 4 is 23.4 Å². The molecular formula is C24H28N4O3S. The van der Waals surface area contributed by atoms with Gasteiger partial charge in [0.1, 0.15) is 11.5 Å². The number of aryl methyl sites for hydroxylation is 2. The van der Waals surface area contributed by atoms with Gasteiger partial charge in [-0.2, -0.15) is 0 Å². The van der Waals surface area contributed by atoms with Crippen molar-refractivity contribution < 1.29 is 14.3 Å². The summed E-state index contributed by atoms with van der Waals surface area (Å²) in [6.45, 7) is 10.3. The van der Waals surface area contributed by atoms with Gasteiger partial charge in [-0.3, -0.25) is 9.36 Å². The first kappa shape index (κ1) is 23.4. The third-order valence-corrected chi connectivity index (χ3v) is 5.88. The first-order valence-corrected chi connectivity index (χ1v) is 11.2. The molecule has 0 fully saturated rings. The first-order chi connectivity index (χ1) is 15.4. The highest BCUT2D eigenvalue weighted by Crippen LogP contribution is 2.26. The van der Waals surface area contributed by atoms with Crippen LogP contribution in [0.2, 0.25) is 0 Å². The summed E-state index contributed by atoms with van der Waals surface area (Å²) < 4.78 is 13.1. The predicted octanol–water partition coefficient (Wildman–Crippen LogP) is 4.96. The summed E-state index contributed by atoms with van der Waals surface area (Å²) in [6, 6.07) is 13.2. The molecule has 1 unspecified atom stereocenters. The van der Waals surface area contributed by atoms with E-state index in [1.165, 1.54) is 17.3 Å². The summed E-state index contributed by atoms with van der Waals surface area (Å²) in [6.07, 6.45) is 1.43. The number of carbonyl (C=O) groups excluding carboxylic acids is 1. The predicted molar refractivity (Wildman–Crippen MR) is 128 cm³/mol. The molecule has 8 heteroatoms. The number of rotatable bonds is 10. The number of allylic oxidation sites excluding steroid dienone is 1. The Bertz CT molecular complexity index is 1080. The second-order valence-electron chi connectivity index (χ2n) is 7.31. The maximum atomic E-state index is 12.4. The van der Waals surface area contributed by atoms with Gasteiger partial charge in [0.15, 0.2) is 17.1 Å². The van der Waals surface area contributed by atoms with Gasteiger partial charge in [-0.25, -0.2) is 0 Å². The van der Waals surface area contributed by atoms with E-state index in [9.17, 15) is 4.79 Å². The molecule has 3 rings (SSSR count). The number of thioether (sulfide) groups is 1. The molecule has 1 amide bonds. The topological polar surface area (TPSA) is 78.3 Å². The van der Waals surface area contributed by atoms with Crippen molar-refractivity contribution in [1.82, 2.24) is 14.8 Å². The van der Waals surface area contributed by atoms with E-state index in [0.29, 0.717) is 23.3 Å². The van der Waals surface area contributed by atoms with Gasteiger partial charge in [-0.15, -0.1) is 16.8 Å². The average Bonchev–Trinajstić information content (AvgIpc) is 3.18. The monoisotopic (exact) mass is 452 g/mol. The highest BCUT2D eigenvalue weighted by molar-refractivity contribution is 7.99. The van der Waals surface area contributed by atoms with Gasteiger partial charge in [-0.1, -0.05) is 23.9 Å². The minimum absolute atomic E-state index is 0.101. The molecule has 1 atom stereocenters. The molecule has 1 N–H and O–H groups in total. The fraction of sp³-hybridized carbons (Fsp3) is 0.292. The van der Waals surface area contributed by atoms with Crippen molar-refractivity contribution in [2.24, 2.45) is 0 Å². The van der Waals surface area contributed by atoms with Crippen LogP contribution in [0, 0.1) is 13.8 Å². The van der Waals surface area contributed by atoms with Crippen LogP contribution in [0.25, 0.3) is 0 Å². The lowest BCUT2D eigenvalue weighted by atomic mass is 10.1. The van der Waals surface area contributed by atoms with Gasteiger partial charge in [-0.05, 0) is 68.3 Å². The molecule has 0 saturated carbocycles. The summed E-state index contributed by atoms with van der Waals surface area (Å²) in [5.41, 5.74) is 3.11. The molecule has 0 saturated heterocycles. The van der Waals surface area contributed by atoms with Crippen LogP contribution in [0.4, 0.5) is 5.69 Å². The van der Waals surface area contributed by atoms with Gasteiger partial charge in [0, 0.05) is 12.2 Å². The van der Waals surface area contributed by atoms with Crippen LogP contribution in [0.5, 0.6) is 11.5 Å². The number of hydrogen-bond acceptors (Lipinski definition) is 6. The Balaban J connectivity index is 1.65. The van der Waals surface area contributed by atoms with Gasteiger partial charge in [0.2, 0.25) is 5.91 Å². The minimum Gasteiger partial charge on any atom is -0.497 e. The minimum atomic E-state index is -0.338. The number of ether oxygens (including phenoxy) is 2. The Hall–Kier alpha value is -3.26. The Morgan fingerprint density at radius 2 is 1.88 bits per heavy atom. The Morgan fingerprint density at radius 3 is 2.53 bits per heavy atom. The molecule has 0 radical (unpaired) electrons. The molecule has 0 spiro atoms. The zero-order chi connectivity index (χ0) is 23.1. The van der Waals surface area contributed by atoms with Crippen LogP contribution in [0.3, 0.4) is 0 Å². The van der Waals surface area contributed by atoms with Crippen LogP contribution in [0.15, 0.2) is 60.3 Å². The Morgan fingerprint density at radius 1 is 1.16 bits per heavy atom. The van der Waals surface area contributed by atoms with Crippen molar-refractivity contribution in [2.75, 3.05) is 18.2 Å². The lowest BCUT2D eigenvalue weighted by molar-refractivity contribution is -0.113. The zero-order valence-corrected chi connectivity index (χ0v) is 19.6. The molecule has 1 heterocycles. The van der Waals surface area contributed by atoms with Gasteiger partial charge >= 0.3 is 0 Å². The summed E-state index contributed by atoms with van der Waals surface area (Å²) in [5.74, 6) is 2.25. The van der Waals surface area contributed by atoms with E-state index in [2.05, 4.69) is 22.1 Å². The van der Waals surface area contributed by atoms with Crippen LogP contribution < -0.4 is 14.8 Å². The van der Waals surface area contributed by atoms with Crippen LogP contribution >= 0.6 is 11.8 Å². The molecule has 0 bridgehead atoms. The quantitative estimate of drug-likeness (QED) is 0.346. The molecule has 0 aliphatic rings. The standard InChI is InChI=1S/C24H28N4O3S/c1-6-13-28-23(18(4)31-21-11-9-20(30-5)10-12-21)26-27-24(28)32-15-22(29)25-19-8-7-16(2)17(3)14-19/h6-12,14,18H,1,13,15H2,2-5H3,(H,25,29). The smallest absolute Gasteiger partial charge is 0.234 e. The first-order valence-electron chi connectivity index (χ1n) is 10.3. The van der Waals surface area contributed by atoms with Gasteiger partial charge in [0.05, 0.1) is 12.9 Å². The van der Waals surface area contributed by atoms with Crippen LogP contribution in [-0.4, -0.2) is 33.5 Å². The Labute approximate surface area is 192 Å². The molecule has 0 aliphatic carbocycles. The third-order valence-electron chi connectivity index (χ3n) is 4.92. The summed E-state index contributed by atoms with van der Waals surface area (Å²) in [4.78, 5) is 12.4. The number of anilines is 1. The number of amides is 1. The second kappa shape index (κ2) is 10.9. The van der Waals surface area contributed by atoms with Crippen molar-refractivity contribution in [1.29, 1.82) is 0 Å². The van der Waals surface area contributed by atoms with Crippen molar-refractivity contribution in [3.8, 4) is 11.5 Å². The largest absolute Gasteiger partial charge is 0.497 e. The van der Waals surface area contributed by atoms with Gasteiger partial charge < -0.3 is 14.8 Å². The molecular weight excluding hydrogens is 424 g/mol. The molecule has 168 valence electrons. The van der Waals surface area contributed by atoms with E-state index in [0.717, 1.165) is 17.0 Å². The number of benzene rings is 2. The molecule has 2 aromatic carbocycles. The summed E-state index contributed by atoms with van der Waals surface area (Å²) in [7, 11) is 1.62. The number of nitrogens with zero attached hydrogens (tertiary/aromatic N) is 3. The van der Waals surface area contributed by atoms with Crippen molar-refractivity contribution in [3.05, 3.63) is 72.1 Å². The van der Waals surface area contributed by atoms with Gasteiger partial charge in [0.25, 0.3) is 0 Å². The normalized spacial score (nSPS) is 11.6. The van der Waals surface area contributed by atoms with E-state index >= 15 is 0 Å². The van der Waals surface area contributed by atoms with Crippen LogP contribution in [0.1, 0.15) is 30.0 Å². The highest BCUT2D eigenvalue weighted by atomic mass is 32.2. The number of methoxy groups -OCH3 is 1. The maximum absolute atomic E-state index is 12.4. The summed E-state index contributed by atoms with van der Waals surface area (Å²) in [5, 5.41) is 12.2. The molecule has 1 aromatic heterocycles. The third kappa shape index (κ3) is 5.91. The highest BCUT2D eigenvalue weighted by Gasteiger charge is 2.20. The second-order valence-corrected chi connectivity index (χ2v) is 8.25. The van der Waals surface area contributed by atoms with E-state index < -0.39 is 0 Å². The van der Waals surface area contributed by atoms with E-state index in [1.807, 2.05) is 67.8 Å². The van der Waals surface area contributed by atoms with Crippen molar-refractivity contribution in [2.45, 2.75) is 38.6 Å². The average molecular weight is 453 g/mol. The number of hydrogen-bond donors (Lipinski definition) is 1. The van der Waals surface area contributed by atoms with E-state index in [1.54, 1.807) is 13.2 Å². The lowest BCUT2D eigenvalue weighted by Crippen LogP contribution is -2.15. The fourth-order valence-corrected chi connectivity index (χ4v) is 3.82. The molecule has 0 aliphatic heterocycles. The molecule has 3 aromatic rings. The SMILES string of the molecule is C=CCn1c(SCC(=O)Nc2ccc(C)c(C)c2)nnc1C(C)Oc1ccc(OC)cc1. The Kier molecular flexibility index (Phi) is 7.94. The number of carbonyl (C=O) groups is 1. The maximum Gasteiger partial charge on any atom is 0.234 e.